The first-order chi connectivity index (χ1) is 7.75. The standard InChI is InChI=1S/C12H16N4/c1-10-9-16(2)12(15-10)14-7-5-11-4-3-6-13-8-11/h3-4,6,8-9H,5,7H2,1-2H3,(H,14,15). The van der Waals surface area contributed by atoms with E-state index < -0.39 is 0 Å². The monoisotopic (exact) mass is 216 g/mol. The second-order valence-electron chi connectivity index (χ2n) is 3.85. The molecule has 4 heteroatoms. The molecule has 0 amide bonds. The van der Waals surface area contributed by atoms with Gasteiger partial charge in [0.2, 0.25) is 5.95 Å². The van der Waals surface area contributed by atoms with Crippen molar-refractivity contribution < 1.29 is 0 Å². The Hall–Kier alpha value is -1.84. The highest BCUT2D eigenvalue weighted by atomic mass is 15.2. The van der Waals surface area contributed by atoms with E-state index in [1.54, 1.807) is 6.20 Å². The molecule has 0 bridgehead atoms. The lowest BCUT2D eigenvalue weighted by Crippen LogP contribution is -2.08. The quantitative estimate of drug-likeness (QED) is 0.847. The van der Waals surface area contributed by atoms with Crippen molar-refractivity contribution in [2.45, 2.75) is 13.3 Å². The van der Waals surface area contributed by atoms with Crippen LogP contribution in [0.25, 0.3) is 0 Å². The molecule has 0 aliphatic carbocycles. The second-order valence-corrected chi connectivity index (χ2v) is 3.85. The summed E-state index contributed by atoms with van der Waals surface area (Å²) in [5.41, 5.74) is 2.27. The van der Waals surface area contributed by atoms with Crippen LogP contribution in [0.5, 0.6) is 0 Å². The van der Waals surface area contributed by atoms with Gasteiger partial charge in [0.05, 0.1) is 5.69 Å². The van der Waals surface area contributed by atoms with Crippen LogP contribution in [0.3, 0.4) is 0 Å². The zero-order chi connectivity index (χ0) is 11.4. The maximum atomic E-state index is 4.38. The van der Waals surface area contributed by atoms with E-state index >= 15 is 0 Å². The summed E-state index contributed by atoms with van der Waals surface area (Å²) in [6.07, 6.45) is 6.65. The second kappa shape index (κ2) is 4.79. The van der Waals surface area contributed by atoms with Gasteiger partial charge in [0, 0.05) is 32.2 Å². The Morgan fingerprint density at radius 1 is 1.44 bits per heavy atom. The summed E-state index contributed by atoms with van der Waals surface area (Å²) in [6, 6.07) is 4.04. The summed E-state index contributed by atoms with van der Waals surface area (Å²) >= 11 is 0. The maximum absolute atomic E-state index is 4.38. The number of nitrogens with one attached hydrogen (secondary N) is 1. The zero-order valence-electron chi connectivity index (χ0n) is 9.64. The molecule has 2 heterocycles. The summed E-state index contributed by atoms with van der Waals surface area (Å²) in [6.45, 7) is 2.86. The highest BCUT2D eigenvalue weighted by Crippen LogP contribution is 2.05. The highest BCUT2D eigenvalue weighted by Gasteiger charge is 2.00. The number of imidazole rings is 1. The lowest BCUT2D eigenvalue weighted by Gasteiger charge is -2.05. The van der Waals surface area contributed by atoms with Crippen molar-refractivity contribution in [2.75, 3.05) is 11.9 Å². The molecule has 0 fully saturated rings. The van der Waals surface area contributed by atoms with Crippen LogP contribution in [-0.4, -0.2) is 21.1 Å². The minimum absolute atomic E-state index is 0.871. The topological polar surface area (TPSA) is 42.7 Å². The number of aromatic nitrogens is 3. The Morgan fingerprint density at radius 3 is 2.94 bits per heavy atom. The van der Waals surface area contributed by atoms with E-state index in [2.05, 4.69) is 21.4 Å². The molecule has 2 rings (SSSR count). The van der Waals surface area contributed by atoms with E-state index in [1.807, 2.05) is 37.0 Å². The third-order valence-corrected chi connectivity index (χ3v) is 2.42. The summed E-state index contributed by atoms with van der Waals surface area (Å²) in [5, 5.41) is 3.31. The molecule has 0 aromatic carbocycles. The van der Waals surface area contributed by atoms with Crippen LogP contribution in [0.15, 0.2) is 30.7 Å². The van der Waals surface area contributed by atoms with E-state index in [0.717, 1.165) is 24.6 Å². The van der Waals surface area contributed by atoms with Crippen LogP contribution in [0, 0.1) is 6.92 Å². The predicted molar refractivity (Wildman–Crippen MR) is 64.4 cm³/mol. The number of nitrogens with zero attached hydrogens (tertiary/aromatic N) is 3. The molecule has 0 saturated heterocycles. The molecule has 4 nitrogen and oxygen atoms in total. The fraction of sp³-hybridized carbons (Fsp3) is 0.333. The summed E-state index contributed by atoms with van der Waals surface area (Å²) in [5.74, 6) is 0.918. The number of pyridine rings is 1. The first kappa shape index (κ1) is 10.7. The summed E-state index contributed by atoms with van der Waals surface area (Å²) in [7, 11) is 1.99. The van der Waals surface area contributed by atoms with Gasteiger partial charge >= 0.3 is 0 Å². The van der Waals surface area contributed by atoms with Gasteiger partial charge in [-0.1, -0.05) is 6.07 Å². The van der Waals surface area contributed by atoms with Crippen LogP contribution in [0.2, 0.25) is 0 Å². The normalized spacial score (nSPS) is 10.4. The van der Waals surface area contributed by atoms with Crippen LogP contribution in [0.4, 0.5) is 5.95 Å². The van der Waals surface area contributed by atoms with Gasteiger partial charge in [-0.2, -0.15) is 0 Å². The third-order valence-electron chi connectivity index (χ3n) is 2.42. The van der Waals surface area contributed by atoms with Gasteiger partial charge in [-0.05, 0) is 25.0 Å². The molecule has 0 spiro atoms. The van der Waals surface area contributed by atoms with Crippen LogP contribution in [0.1, 0.15) is 11.3 Å². The van der Waals surface area contributed by atoms with E-state index in [0.29, 0.717) is 0 Å². The van der Waals surface area contributed by atoms with Gasteiger partial charge in [-0.25, -0.2) is 4.98 Å². The molecule has 0 saturated carbocycles. The molecule has 84 valence electrons. The smallest absolute Gasteiger partial charge is 0.202 e. The Labute approximate surface area is 95.4 Å². The number of hydrogen-bond donors (Lipinski definition) is 1. The van der Waals surface area contributed by atoms with E-state index in [4.69, 9.17) is 0 Å². The third kappa shape index (κ3) is 2.59. The molecule has 16 heavy (non-hydrogen) atoms. The highest BCUT2D eigenvalue weighted by molar-refractivity contribution is 5.28. The zero-order valence-corrected chi connectivity index (χ0v) is 9.64. The summed E-state index contributed by atoms with van der Waals surface area (Å²) in [4.78, 5) is 8.46. The minimum atomic E-state index is 0.871. The van der Waals surface area contributed by atoms with Crippen LogP contribution < -0.4 is 5.32 Å². The Kier molecular flexibility index (Phi) is 3.19. The molecule has 0 aliphatic rings. The van der Waals surface area contributed by atoms with Gasteiger partial charge in [0.1, 0.15) is 0 Å². The average molecular weight is 216 g/mol. The maximum Gasteiger partial charge on any atom is 0.202 e. The van der Waals surface area contributed by atoms with Gasteiger partial charge < -0.3 is 9.88 Å². The molecule has 0 unspecified atom stereocenters. The van der Waals surface area contributed by atoms with Crippen molar-refractivity contribution in [3.63, 3.8) is 0 Å². The molecule has 2 aromatic rings. The first-order valence-corrected chi connectivity index (χ1v) is 5.38. The molecular weight excluding hydrogens is 200 g/mol. The lowest BCUT2D eigenvalue weighted by atomic mass is 10.2. The van der Waals surface area contributed by atoms with Crippen molar-refractivity contribution in [3.8, 4) is 0 Å². The molecule has 0 atom stereocenters. The van der Waals surface area contributed by atoms with E-state index in [9.17, 15) is 0 Å². The van der Waals surface area contributed by atoms with Crippen molar-refractivity contribution in [2.24, 2.45) is 7.05 Å². The molecule has 0 radical (unpaired) electrons. The molecule has 2 aromatic heterocycles. The van der Waals surface area contributed by atoms with Crippen molar-refractivity contribution in [3.05, 3.63) is 42.0 Å². The fourth-order valence-electron chi connectivity index (χ4n) is 1.65. The molecule has 0 aliphatic heterocycles. The SMILES string of the molecule is Cc1cn(C)c(NCCc2cccnc2)n1. The number of anilines is 1. The van der Waals surface area contributed by atoms with Gasteiger partial charge in [-0.3, -0.25) is 4.98 Å². The lowest BCUT2D eigenvalue weighted by molar-refractivity contribution is 0.888. The van der Waals surface area contributed by atoms with Gasteiger partial charge in [-0.15, -0.1) is 0 Å². The largest absolute Gasteiger partial charge is 0.355 e. The van der Waals surface area contributed by atoms with Gasteiger partial charge in [0.25, 0.3) is 0 Å². The Balaban J connectivity index is 1.87. The average Bonchev–Trinajstić information content (AvgIpc) is 2.59. The first-order valence-electron chi connectivity index (χ1n) is 5.38. The molecule has 1 N–H and O–H groups in total. The number of hydrogen-bond acceptors (Lipinski definition) is 3. The van der Waals surface area contributed by atoms with Crippen LogP contribution in [-0.2, 0) is 13.5 Å². The number of rotatable bonds is 4. The van der Waals surface area contributed by atoms with Crippen molar-refractivity contribution >= 4 is 5.95 Å². The van der Waals surface area contributed by atoms with E-state index in [-0.39, 0.29) is 0 Å². The van der Waals surface area contributed by atoms with E-state index in [1.165, 1.54) is 5.56 Å². The minimum Gasteiger partial charge on any atom is -0.355 e. The molecular formula is C12H16N4. The number of aryl methyl sites for hydroxylation is 2. The van der Waals surface area contributed by atoms with Crippen molar-refractivity contribution in [1.29, 1.82) is 0 Å². The Morgan fingerprint density at radius 2 is 2.31 bits per heavy atom. The predicted octanol–water partition coefficient (Wildman–Crippen LogP) is 1.78. The van der Waals surface area contributed by atoms with Crippen molar-refractivity contribution in [1.82, 2.24) is 14.5 Å². The fourth-order valence-corrected chi connectivity index (χ4v) is 1.65. The summed E-state index contributed by atoms with van der Waals surface area (Å²) < 4.78 is 2.00. The van der Waals surface area contributed by atoms with Crippen LogP contribution >= 0.6 is 0 Å². The van der Waals surface area contributed by atoms with Gasteiger partial charge in [0.15, 0.2) is 0 Å². The Bertz CT molecular complexity index is 447.